The molecule has 1 saturated heterocycles. The Morgan fingerprint density at radius 1 is 1.56 bits per heavy atom. The Hall–Kier alpha value is -0.750. The fourth-order valence-corrected chi connectivity index (χ4v) is 2.46. The smallest absolute Gasteiger partial charge is 0.240 e. The van der Waals surface area contributed by atoms with E-state index in [9.17, 15) is 9.59 Å². The molecule has 0 spiro atoms. The number of nitrogens with zero attached hydrogens (tertiary/aromatic N) is 1. The summed E-state index contributed by atoms with van der Waals surface area (Å²) in [5, 5.41) is 5.84. The van der Waals surface area contributed by atoms with Gasteiger partial charge in [-0.3, -0.25) is 9.59 Å². The zero-order chi connectivity index (χ0) is 12.0. The number of carbonyl (C=O) groups excluding carboxylic acids is 2. The predicted molar refractivity (Wildman–Crippen MR) is 65.4 cm³/mol. The van der Waals surface area contributed by atoms with Gasteiger partial charge in [-0.1, -0.05) is 0 Å². The summed E-state index contributed by atoms with van der Waals surface area (Å²) in [5.74, 6) is 1.72. The molecule has 5 nitrogen and oxygen atoms in total. The van der Waals surface area contributed by atoms with Gasteiger partial charge in [-0.15, -0.1) is 0 Å². The third-order valence-corrected chi connectivity index (χ3v) is 3.41. The van der Waals surface area contributed by atoms with Gasteiger partial charge >= 0.3 is 0 Å². The summed E-state index contributed by atoms with van der Waals surface area (Å²) in [4.78, 5) is 24.7. The van der Waals surface area contributed by atoms with Gasteiger partial charge in [0.2, 0.25) is 11.8 Å². The molecule has 1 fully saturated rings. The number of carbonyl (C=O) groups is 2. The highest BCUT2D eigenvalue weighted by Crippen LogP contribution is 2.09. The van der Waals surface area contributed by atoms with Crippen molar-refractivity contribution < 1.29 is 9.59 Å². The first-order valence-electron chi connectivity index (χ1n) is 5.48. The Labute approximate surface area is 100 Å². The quantitative estimate of drug-likeness (QED) is 0.686. The topological polar surface area (TPSA) is 61.4 Å². The highest BCUT2D eigenvalue weighted by Gasteiger charge is 2.24. The van der Waals surface area contributed by atoms with Gasteiger partial charge in [0.15, 0.2) is 0 Å². The van der Waals surface area contributed by atoms with Gasteiger partial charge in [-0.2, -0.15) is 11.8 Å². The lowest BCUT2D eigenvalue weighted by Gasteiger charge is -2.26. The SMILES string of the molecule is CCNC(=O)CN(C)C(=O)C1CSCCN1. The molecule has 1 aliphatic heterocycles. The molecule has 0 bridgehead atoms. The molecule has 0 aromatic heterocycles. The van der Waals surface area contributed by atoms with E-state index in [1.165, 1.54) is 4.90 Å². The lowest BCUT2D eigenvalue weighted by Crippen LogP contribution is -2.51. The molecular weight excluding hydrogens is 226 g/mol. The van der Waals surface area contributed by atoms with Crippen LogP contribution >= 0.6 is 11.8 Å². The van der Waals surface area contributed by atoms with E-state index in [4.69, 9.17) is 0 Å². The zero-order valence-electron chi connectivity index (χ0n) is 9.78. The van der Waals surface area contributed by atoms with E-state index in [1.54, 1.807) is 18.8 Å². The minimum absolute atomic E-state index is 0.00143. The van der Waals surface area contributed by atoms with Crippen molar-refractivity contribution in [1.29, 1.82) is 0 Å². The molecule has 0 radical (unpaired) electrons. The molecule has 1 atom stereocenters. The van der Waals surface area contributed by atoms with Crippen molar-refractivity contribution in [2.24, 2.45) is 0 Å². The van der Waals surface area contributed by atoms with Crippen molar-refractivity contribution in [3.05, 3.63) is 0 Å². The molecule has 1 rings (SSSR count). The van der Waals surface area contributed by atoms with Crippen LogP contribution in [0.5, 0.6) is 0 Å². The Bertz CT molecular complexity index is 254. The van der Waals surface area contributed by atoms with Crippen LogP contribution < -0.4 is 10.6 Å². The number of nitrogens with one attached hydrogen (secondary N) is 2. The van der Waals surface area contributed by atoms with Crippen molar-refractivity contribution >= 4 is 23.6 Å². The van der Waals surface area contributed by atoms with Gasteiger partial charge in [0.1, 0.15) is 0 Å². The molecule has 0 saturated carbocycles. The first-order valence-corrected chi connectivity index (χ1v) is 6.63. The van der Waals surface area contributed by atoms with Crippen molar-refractivity contribution in [2.75, 3.05) is 38.2 Å². The third kappa shape index (κ3) is 4.02. The summed E-state index contributed by atoms with van der Waals surface area (Å²) in [6.45, 7) is 3.45. The molecule has 0 aromatic carbocycles. The number of likely N-dealkylation sites (N-methyl/N-ethyl adjacent to an activating group) is 2. The fourth-order valence-electron chi connectivity index (χ4n) is 1.54. The second kappa shape index (κ2) is 6.75. The van der Waals surface area contributed by atoms with Crippen molar-refractivity contribution in [3.63, 3.8) is 0 Å². The van der Waals surface area contributed by atoms with Gasteiger partial charge in [0.05, 0.1) is 12.6 Å². The van der Waals surface area contributed by atoms with E-state index in [1.807, 2.05) is 6.92 Å². The lowest BCUT2D eigenvalue weighted by atomic mass is 10.3. The van der Waals surface area contributed by atoms with Crippen molar-refractivity contribution in [3.8, 4) is 0 Å². The summed E-state index contributed by atoms with van der Waals surface area (Å²) >= 11 is 1.77. The van der Waals surface area contributed by atoms with Crippen LogP contribution in [0.1, 0.15) is 6.92 Å². The fraction of sp³-hybridized carbons (Fsp3) is 0.800. The molecule has 1 unspecified atom stereocenters. The minimum atomic E-state index is -0.141. The number of thioether (sulfide) groups is 1. The van der Waals surface area contributed by atoms with Crippen LogP contribution in [0.3, 0.4) is 0 Å². The van der Waals surface area contributed by atoms with Gasteiger partial charge in [-0.25, -0.2) is 0 Å². The van der Waals surface area contributed by atoms with Gasteiger partial charge in [0.25, 0.3) is 0 Å². The summed E-state index contributed by atoms with van der Waals surface area (Å²) in [5.41, 5.74) is 0. The van der Waals surface area contributed by atoms with Crippen molar-refractivity contribution in [2.45, 2.75) is 13.0 Å². The lowest BCUT2D eigenvalue weighted by molar-refractivity contribution is -0.135. The summed E-state index contributed by atoms with van der Waals surface area (Å²) < 4.78 is 0. The first kappa shape index (κ1) is 13.3. The van der Waals surface area contributed by atoms with E-state index >= 15 is 0 Å². The average molecular weight is 245 g/mol. The minimum Gasteiger partial charge on any atom is -0.355 e. The van der Waals surface area contributed by atoms with Gasteiger partial charge in [-0.05, 0) is 6.92 Å². The molecule has 2 amide bonds. The summed E-state index contributed by atoms with van der Waals surface area (Å²) in [6.07, 6.45) is 0. The van der Waals surface area contributed by atoms with Crippen LogP contribution in [0.25, 0.3) is 0 Å². The molecule has 0 aliphatic carbocycles. The first-order chi connectivity index (χ1) is 7.65. The highest BCUT2D eigenvalue weighted by atomic mass is 32.2. The maximum Gasteiger partial charge on any atom is 0.240 e. The second-order valence-electron chi connectivity index (χ2n) is 3.73. The zero-order valence-corrected chi connectivity index (χ0v) is 10.6. The molecule has 6 heteroatoms. The predicted octanol–water partition coefficient (Wildman–Crippen LogP) is -0.714. The maximum absolute atomic E-state index is 11.9. The molecular formula is C10H19N3O2S. The largest absolute Gasteiger partial charge is 0.355 e. The average Bonchev–Trinajstić information content (AvgIpc) is 2.29. The van der Waals surface area contributed by atoms with Gasteiger partial charge < -0.3 is 15.5 Å². The van der Waals surface area contributed by atoms with E-state index in [2.05, 4.69) is 10.6 Å². The summed E-state index contributed by atoms with van der Waals surface area (Å²) in [7, 11) is 1.67. The van der Waals surface area contributed by atoms with Crippen LogP contribution in [0.15, 0.2) is 0 Å². The van der Waals surface area contributed by atoms with Crippen LogP contribution in [0.2, 0.25) is 0 Å². The molecule has 0 aromatic rings. The van der Waals surface area contributed by atoms with Gasteiger partial charge in [0, 0.05) is 31.6 Å². The molecule has 92 valence electrons. The number of hydrogen-bond acceptors (Lipinski definition) is 4. The second-order valence-corrected chi connectivity index (χ2v) is 4.88. The number of hydrogen-bond donors (Lipinski definition) is 2. The Morgan fingerprint density at radius 3 is 2.88 bits per heavy atom. The van der Waals surface area contributed by atoms with Crippen molar-refractivity contribution in [1.82, 2.24) is 15.5 Å². The van der Waals surface area contributed by atoms with Crippen LogP contribution in [-0.2, 0) is 9.59 Å². The Morgan fingerprint density at radius 2 is 2.31 bits per heavy atom. The molecule has 1 aliphatic rings. The Balaban J connectivity index is 2.37. The highest BCUT2D eigenvalue weighted by molar-refractivity contribution is 7.99. The van der Waals surface area contributed by atoms with E-state index in [-0.39, 0.29) is 24.4 Å². The monoisotopic (exact) mass is 245 g/mol. The van der Waals surface area contributed by atoms with Crippen LogP contribution in [0.4, 0.5) is 0 Å². The third-order valence-electron chi connectivity index (χ3n) is 2.35. The van der Waals surface area contributed by atoms with E-state index in [0.29, 0.717) is 6.54 Å². The molecule has 2 N–H and O–H groups in total. The normalized spacial score (nSPS) is 20.2. The summed E-state index contributed by atoms with van der Waals surface area (Å²) in [6, 6.07) is -0.141. The van der Waals surface area contributed by atoms with E-state index in [0.717, 1.165) is 18.1 Å². The number of rotatable bonds is 4. The number of amides is 2. The van der Waals surface area contributed by atoms with E-state index < -0.39 is 0 Å². The Kier molecular flexibility index (Phi) is 5.62. The van der Waals surface area contributed by atoms with Crippen LogP contribution in [-0.4, -0.2) is 60.9 Å². The molecule has 1 heterocycles. The standard InChI is InChI=1S/C10H19N3O2S/c1-3-11-9(14)6-13(2)10(15)8-7-16-5-4-12-8/h8,12H,3-7H2,1-2H3,(H,11,14). The van der Waals surface area contributed by atoms with Crippen LogP contribution in [0, 0.1) is 0 Å². The maximum atomic E-state index is 11.9. The molecule has 16 heavy (non-hydrogen) atoms.